The fourth-order valence-corrected chi connectivity index (χ4v) is 2.80. The Labute approximate surface area is 144 Å². The van der Waals surface area contributed by atoms with Crippen molar-refractivity contribution in [3.05, 3.63) is 46.8 Å². The fraction of sp³-hybridized carbons (Fsp3) is 0.474. The molecule has 0 bridgehead atoms. The Morgan fingerprint density at radius 3 is 2.29 bits per heavy atom. The van der Waals surface area contributed by atoms with Gasteiger partial charge < -0.3 is 5.32 Å². The van der Waals surface area contributed by atoms with E-state index in [1.54, 1.807) is 0 Å². The van der Waals surface area contributed by atoms with Gasteiger partial charge in [0, 0.05) is 50.0 Å². The van der Waals surface area contributed by atoms with Crippen LogP contribution in [0.25, 0.3) is 0 Å². The lowest BCUT2D eigenvalue weighted by atomic mass is 10.1. The third kappa shape index (κ3) is 4.45. The maximum atomic E-state index is 11.1. The first-order chi connectivity index (χ1) is 11.3. The van der Waals surface area contributed by atoms with Gasteiger partial charge >= 0.3 is 0 Å². The minimum absolute atomic E-state index is 0.0471. The van der Waals surface area contributed by atoms with Gasteiger partial charge in [0.2, 0.25) is 5.91 Å². The van der Waals surface area contributed by atoms with Crippen molar-refractivity contribution in [2.24, 2.45) is 7.05 Å². The van der Waals surface area contributed by atoms with Crippen molar-refractivity contribution < 1.29 is 4.79 Å². The minimum atomic E-state index is -0.0471. The summed E-state index contributed by atoms with van der Waals surface area (Å²) in [7, 11) is 1.99. The molecule has 130 valence electrons. The molecule has 0 spiro atoms. The van der Waals surface area contributed by atoms with Crippen LogP contribution in [0.15, 0.2) is 24.3 Å². The number of nitrogens with zero attached hydrogens (tertiary/aromatic N) is 3. The molecule has 24 heavy (non-hydrogen) atoms. The Kier molecular flexibility index (Phi) is 5.78. The largest absolute Gasteiger partial charge is 0.326 e. The summed E-state index contributed by atoms with van der Waals surface area (Å²) in [5, 5.41) is 7.32. The first kappa shape index (κ1) is 18.2. The predicted octanol–water partition coefficient (Wildman–Crippen LogP) is 3.41. The standard InChI is InChI=1S/C19H28N4O/c1-13(2)23(12-19-14(3)21-22(6)15(19)4)11-17-7-9-18(10-8-17)20-16(5)24/h7-10,13H,11-12H2,1-6H3,(H,20,24). The summed E-state index contributed by atoms with van der Waals surface area (Å²) in [6.07, 6.45) is 0. The van der Waals surface area contributed by atoms with Gasteiger partial charge in [0.05, 0.1) is 5.69 Å². The van der Waals surface area contributed by atoms with Crippen LogP contribution in [0.5, 0.6) is 0 Å². The summed E-state index contributed by atoms with van der Waals surface area (Å²) in [6.45, 7) is 11.9. The number of hydrogen-bond donors (Lipinski definition) is 1. The molecule has 5 heteroatoms. The van der Waals surface area contributed by atoms with E-state index >= 15 is 0 Å². The molecule has 1 aromatic carbocycles. The molecule has 1 aromatic heterocycles. The number of amides is 1. The lowest BCUT2D eigenvalue weighted by Gasteiger charge is -2.27. The van der Waals surface area contributed by atoms with Crippen LogP contribution in [0.2, 0.25) is 0 Å². The van der Waals surface area contributed by atoms with E-state index in [9.17, 15) is 4.79 Å². The summed E-state index contributed by atoms with van der Waals surface area (Å²) in [4.78, 5) is 13.5. The van der Waals surface area contributed by atoms with Crippen molar-refractivity contribution in [1.29, 1.82) is 0 Å². The van der Waals surface area contributed by atoms with Gasteiger partial charge in [-0.3, -0.25) is 14.4 Å². The minimum Gasteiger partial charge on any atom is -0.326 e. The SMILES string of the molecule is CC(=O)Nc1ccc(CN(Cc2c(C)nn(C)c2C)C(C)C)cc1. The summed E-state index contributed by atoms with van der Waals surface area (Å²) >= 11 is 0. The number of aryl methyl sites for hydroxylation is 2. The molecule has 5 nitrogen and oxygen atoms in total. The normalized spacial score (nSPS) is 11.3. The molecule has 0 aliphatic rings. The molecule has 0 aliphatic heterocycles. The van der Waals surface area contributed by atoms with Crippen LogP contribution >= 0.6 is 0 Å². The average Bonchev–Trinajstić information content (AvgIpc) is 2.74. The van der Waals surface area contributed by atoms with E-state index in [1.165, 1.54) is 23.7 Å². The summed E-state index contributed by atoms with van der Waals surface area (Å²) in [5.41, 5.74) is 5.69. The molecule has 0 radical (unpaired) electrons. The molecule has 1 amide bonds. The monoisotopic (exact) mass is 328 g/mol. The molecule has 0 saturated carbocycles. The molecule has 0 fully saturated rings. The maximum absolute atomic E-state index is 11.1. The topological polar surface area (TPSA) is 50.2 Å². The molecule has 1 N–H and O–H groups in total. The summed E-state index contributed by atoms with van der Waals surface area (Å²) in [5.74, 6) is -0.0471. The van der Waals surface area contributed by atoms with Crippen molar-refractivity contribution in [2.75, 3.05) is 5.32 Å². The first-order valence-electron chi connectivity index (χ1n) is 8.37. The van der Waals surface area contributed by atoms with Gasteiger partial charge in [-0.2, -0.15) is 5.10 Å². The molecule has 0 aliphatic carbocycles. The second-order valence-corrected chi connectivity index (χ2v) is 6.65. The van der Waals surface area contributed by atoms with Crippen LogP contribution in [-0.2, 0) is 24.9 Å². The van der Waals surface area contributed by atoms with E-state index < -0.39 is 0 Å². The van der Waals surface area contributed by atoms with Gasteiger partial charge in [-0.1, -0.05) is 12.1 Å². The van der Waals surface area contributed by atoms with Crippen molar-refractivity contribution in [2.45, 2.75) is 53.8 Å². The van der Waals surface area contributed by atoms with Crippen LogP contribution in [0, 0.1) is 13.8 Å². The van der Waals surface area contributed by atoms with Gasteiger partial charge in [0.15, 0.2) is 0 Å². The van der Waals surface area contributed by atoms with Crippen molar-refractivity contribution in [3.63, 3.8) is 0 Å². The molecule has 2 aromatic rings. The van der Waals surface area contributed by atoms with E-state index in [-0.39, 0.29) is 5.91 Å². The van der Waals surface area contributed by atoms with Crippen LogP contribution < -0.4 is 5.32 Å². The van der Waals surface area contributed by atoms with E-state index in [1.807, 2.05) is 23.9 Å². The number of carbonyl (C=O) groups excluding carboxylic acids is 1. The lowest BCUT2D eigenvalue weighted by molar-refractivity contribution is -0.114. The first-order valence-corrected chi connectivity index (χ1v) is 8.37. The number of benzene rings is 1. The Balaban J connectivity index is 2.12. The maximum Gasteiger partial charge on any atom is 0.221 e. The second kappa shape index (κ2) is 7.62. The Morgan fingerprint density at radius 1 is 1.21 bits per heavy atom. The average molecular weight is 328 g/mol. The van der Waals surface area contributed by atoms with Crippen molar-refractivity contribution in [3.8, 4) is 0 Å². The Hall–Kier alpha value is -2.14. The number of hydrogen-bond acceptors (Lipinski definition) is 3. The number of rotatable bonds is 6. The highest BCUT2D eigenvalue weighted by Crippen LogP contribution is 2.19. The predicted molar refractivity (Wildman–Crippen MR) is 97.8 cm³/mol. The zero-order chi connectivity index (χ0) is 17.9. The van der Waals surface area contributed by atoms with E-state index in [2.05, 4.69) is 55.1 Å². The highest BCUT2D eigenvalue weighted by Gasteiger charge is 2.16. The molecule has 0 saturated heterocycles. The van der Waals surface area contributed by atoms with Gasteiger partial charge in [-0.15, -0.1) is 0 Å². The third-order valence-electron chi connectivity index (χ3n) is 4.41. The molecular weight excluding hydrogens is 300 g/mol. The number of anilines is 1. The van der Waals surface area contributed by atoms with Gasteiger partial charge in [-0.25, -0.2) is 0 Å². The van der Waals surface area contributed by atoms with Crippen LogP contribution in [-0.4, -0.2) is 26.6 Å². The molecule has 2 rings (SSSR count). The van der Waals surface area contributed by atoms with E-state index in [4.69, 9.17) is 0 Å². The van der Waals surface area contributed by atoms with Gasteiger partial charge in [-0.05, 0) is 45.4 Å². The van der Waals surface area contributed by atoms with Crippen molar-refractivity contribution >= 4 is 11.6 Å². The zero-order valence-electron chi connectivity index (χ0n) is 15.6. The van der Waals surface area contributed by atoms with Crippen LogP contribution in [0.3, 0.4) is 0 Å². The van der Waals surface area contributed by atoms with Crippen molar-refractivity contribution in [1.82, 2.24) is 14.7 Å². The number of carbonyl (C=O) groups is 1. The summed E-state index contributed by atoms with van der Waals surface area (Å²) < 4.78 is 1.95. The van der Waals surface area contributed by atoms with Gasteiger partial charge in [0.1, 0.15) is 0 Å². The Morgan fingerprint density at radius 2 is 1.83 bits per heavy atom. The molecule has 1 heterocycles. The smallest absolute Gasteiger partial charge is 0.221 e. The third-order valence-corrected chi connectivity index (χ3v) is 4.41. The fourth-order valence-electron chi connectivity index (χ4n) is 2.80. The quantitative estimate of drug-likeness (QED) is 0.884. The lowest BCUT2D eigenvalue weighted by Crippen LogP contribution is -2.30. The number of aromatic nitrogens is 2. The number of nitrogens with one attached hydrogen (secondary N) is 1. The highest BCUT2D eigenvalue weighted by molar-refractivity contribution is 5.88. The van der Waals surface area contributed by atoms with Gasteiger partial charge in [0.25, 0.3) is 0 Å². The van der Waals surface area contributed by atoms with Crippen LogP contribution in [0.4, 0.5) is 5.69 Å². The molecule has 0 unspecified atom stereocenters. The van der Waals surface area contributed by atoms with E-state index in [0.717, 1.165) is 24.5 Å². The molecule has 0 atom stereocenters. The summed E-state index contributed by atoms with van der Waals surface area (Å²) in [6, 6.07) is 8.48. The van der Waals surface area contributed by atoms with Crippen LogP contribution in [0.1, 0.15) is 43.3 Å². The molecular formula is C19H28N4O. The van der Waals surface area contributed by atoms with E-state index in [0.29, 0.717) is 6.04 Å². The Bertz CT molecular complexity index is 701. The second-order valence-electron chi connectivity index (χ2n) is 6.65. The highest BCUT2D eigenvalue weighted by atomic mass is 16.1. The zero-order valence-corrected chi connectivity index (χ0v) is 15.6.